The fourth-order valence-corrected chi connectivity index (χ4v) is 1.80. The van der Waals surface area contributed by atoms with E-state index in [1.807, 2.05) is 0 Å². The fourth-order valence-electron chi connectivity index (χ4n) is 1.80. The summed E-state index contributed by atoms with van der Waals surface area (Å²) < 4.78 is 4.78. The number of hydrogen-bond donors (Lipinski definition) is 3. The second-order valence-corrected chi connectivity index (χ2v) is 4.12. The molecule has 0 saturated carbocycles. The van der Waals surface area contributed by atoms with Crippen LogP contribution in [0.2, 0.25) is 0 Å². The van der Waals surface area contributed by atoms with Crippen LogP contribution in [0.1, 0.15) is 13.8 Å². The maximum Gasteiger partial charge on any atom is 0.219 e. The molecule has 0 spiro atoms. The lowest BCUT2D eigenvalue weighted by molar-refractivity contribution is -0.263. The molecule has 1 saturated heterocycles. The van der Waals surface area contributed by atoms with Gasteiger partial charge in [0, 0.05) is 14.0 Å². The molecule has 6 heteroatoms. The molecule has 0 aromatic carbocycles. The molecule has 15 heavy (non-hydrogen) atoms. The first-order chi connectivity index (χ1) is 6.77. The zero-order valence-corrected chi connectivity index (χ0v) is 9.04. The van der Waals surface area contributed by atoms with Crippen LogP contribution in [-0.4, -0.2) is 63.8 Å². The maximum absolute atomic E-state index is 11.2. The summed E-state index contributed by atoms with van der Waals surface area (Å²) in [4.78, 5) is 12.4. The van der Waals surface area contributed by atoms with Crippen molar-refractivity contribution in [3.8, 4) is 0 Å². The van der Waals surface area contributed by atoms with Crippen molar-refractivity contribution in [3.05, 3.63) is 0 Å². The minimum Gasteiger partial charge on any atom is -0.386 e. The van der Waals surface area contributed by atoms with Crippen LogP contribution >= 0.6 is 0 Å². The minimum atomic E-state index is -1.38. The van der Waals surface area contributed by atoms with Gasteiger partial charge in [0.05, 0.1) is 12.6 Å². The maximum atomic E-state index is 11.2. The van der Waals surface area contributed by atoms with Gasteiger partial charge in [0.25, 0.3) is 0 Å². The zero-order chi connectivity index (χ0) is 11.8. The molecule has 0 radical (unpaired) electrons. The Morgan fingerprint density at radius 2 is 2.07 bits per heavy atom. The van der Waals surface area contributed by atoms with E-state index in [0.717, 1.165) is 0 Å². The molecule has 1 aliphatic heterocycles. The van der Waals surface area contributed by atoms with E-state index in [1.165, 1.54) is 25.8 Å². The highest BCUT2D eigenvalue weighted by molar-refractivity contribution is 5.73. The van der Waals surface area contributed by atoms with Crippen LogP contribution < -0.4 is 0 Å². The van der Waals surface area contributed by atoms with Crippen LogP contribution in [0.5, 0.6) is 0 Å². The Balaban J connectivity index is 2.92. The van der Waals surface area contributed by atoms with Crippen LogP contribution in [0.3, 0.4) is 0 Å². The van der Waals surface area contributed by atoms with Gasteiger partial charge in [-0.1, -0.05) is 0 Å². The Labute approximate surface area is 88.1 Å². The van der Waals surface area contributed by atoms with Gasteiger partial charge in [0.1, 0.15) is 11.7 Å². The smallest absolute Gasteiger partial charge is 0.219 e. The summed E-state index contributed by atoms with van der Waals surface area (Å²) >= 11 is 0. The Bertz CT molecular complexity index is 255. The summed E-state index contributed by atoms with van der Waals surface area (Å²) in [5.74, 6) is -0.298. The van der Waals surface area contributed by atoms with Gasteiger partial charge in [-0.05, 0) is 6.92 Å². The predicted octanol–water partition coefficient (Wildman–Crippen LogP) is -1.71. The Morgan fingerprint density at radius 1 is 1.53 bits per heavy atom. The Kier molecular flexibility index (Phi) is 3.34. The molecule has 4 atom stereocenters. The number of ether oxygens (including phenoxy) is 1. The zero-order valence-electron chi connectivity index (χ0n) is 9.04. The van der Waals surface area contributed by atoms with E-state index in [0.29, 0.717) is 0 Å². The highest BCUT2D eigenvalue weighted by atomic mass is 16.6. The predicted molar refractivity (Wildman–Crippen MR) is 50.8 cm³/mol. The average Bonchev–Trinajstić information content (AvgIpc) is 2.11. The molecule has 0 aromatic heterocycles. The number of amides is 1. The first kappa shape index (κ1) is 12.4. The third-order valence-electron chi connectivity index (χ3n) is 2.71. The normalized spacial score (nSPS) is 41.3. The summed E-state index contributed by atoms with van der Waals surface area (Å²) in [6, 6.07) is -0.876. The molecular weight excluding hydrogens is 202 g/mol. The van der Waals surface area contributed by atoms with Crippen LogP contribution in [0.25, 0.3) is 0 Å². The standard InChI is InChI=1S/C9H17NO5/c1-5(11)10(3)7-6(12)8(13)15-4-9(7,2)14/h6-8,12-14H,4H2,1-3H3/t6-,7-,8?,9+/m1/s1. The molecule has 1 rings (SSSR count). The van der Waals surface area contributed by atoms with Crippen molar-refractivity contribution >= 4 is 5.91 Å². The van der Waals surface area contributed by atoms with Crippen LogP contribution in [-0.2, 0) is 9.53 Å². The summed E-state index contributed by atoms with van der Waals surface area (Å²) in [5, 5.41) is 28.9. The van der Waals surface area contributed by atoms with Gasteiger partial charge < -0.3 is 25.0 Å². The number of nitrogens with zero attached hydrogens (tertiary/aromatic N) is 1. The van der Waals surface area contributed by atoms with Crippen molar-refractivity contribution in [2.45, 2.75) is 37.9 Å². The minimum absolute atomic E-state index is 0.131. The van der Waals surface area contributed by atoms with E-state index in [9.17, 15) is 20.1 Å². The van der Waals surface area contributed by atoms with Crippen LogP contribution in [0.4, 0.5) is 0 Å². The molecule has 1 unspecified atom stereocenters. The van der Waals surface area contributed by atoms with E-state index >= 15 is 0 Å². The molecule has 6 nitrogen and oxygen atoms in total. The third kappa shape index (κ3) is 2.28. The molecule has 0 bridgehead atoms. The SMILES string of the molecule is CC(=O)N(C)[C@@H]1[C@@H](O)C(O)OC[C@]1(C)O. The Morgan fingerprint density at radius 3 is 2.53 bits per heavy atom. The molecule has 3 N–H and O–H groups in total. The van der Waals surface area contributed by atoms with Crippen molar-refractivity contribution in [3.63, 3.8) is 0 Å². The van der Waals surface area contributed by atoms with E-state index < -0.39 is 24.0 Å². The van der Waals surface area contributed by atoms with Crippen molar-refractivity contribution < 1.29 is 24.9 Å². The summed E-state index contributed by atoms with van der Waals surface area (Å²) in [6.07, 6.45) is -2.69. The topological polar surface area (TPSA) is 90.2 Å². The summed E-state index contributed by atoms with van der Waals surface area (Å²) in [6.45, 7) is 2.64. The van der Waals surface area contributed by atoms with E-state index in [2.05, 4.69) is 0 Å². The molecule has 1 aliphatic rings. The lowest BCUT2D eigenvalue weighted by atomic mass is 9.88. The second kappa shape index (κ2) is 4.05. The molecule has 1 fully saturated rings. The van der Waals surface area contributed by atoms with Gasteiger partial charge in [0.15, 0.2) is 6.29 Å². The highest BCUT2D eigenvalue weighted by Gasteiger charge is 2.48. The molecule has 1 heterocycles. The lowest BCUT2D eigenvalue weighted by Gasteiger charge is -2.46. The number of hydrogen-bond acceptors (Lipinski definition) is 5. The molecule has 0 aliphatic carbocycles. The number of carbonyl (C=O) groups excluding carboxylic acids is 1. The monoisotopic (exact) mass is 219 g/mol. The van der Waals surface area contributed by atoms with Crippen LogP contribution in [0.15, 0.2) is 0 Å². The fraction of sp³-hybridized carbons (Fsp3) is 0.889. The summed E-state index contributed by atoms with van der Waals surface area (Å²) in [5.41, 5.74) is -1.38. The number of carbonyl (C=O) groups is 1. The quantitative estimate of drug-likeness (QED) is 0.489. The lowest BCUT2D eigenvalue weighted by Crippen LogP contribution is -2.66. The largest absolute Gasteiger partial charge is 0.386 e. The van der Waals surface area contributed by atoms with Crippen LogP contribution in [0, 0.1) is 0 Å². The van der Waals surface area contributed by atoms with E-state index in [-0.39, 0.29) is 12.5 Å². The number of likely N-dealkylation sites (N-methyl/N-ethyl adjacent to an activating group) is 1. The summed E-state index contributed by atoms with van der Waals surface area (Å²) in [7, 11) is 1.46. The number of aliphatic hydroxyl groups is 3. The number of aliphatic hydroxyl groups excluding tert-OH is 2. The van der Waals surface area contributed by atoms with Gasteiger partial charge in [-0.2, -0.15) is 0 Å². The van der Waals surface area contributed by atoms with Crippen molar-refractivity contribution in [2.75, 3.05) is 13.7 Å². The second-order valence-electron chi connectivity index (χ2n) is 4.12. The Hall–Kier alpha value is -0.690. The van der Waals surface area contributed by atoms with Gasteiger partial charge in [-0.15, -0.1) is 0 Å². The highest BCUT2D eigenvalue weighted by Crippen LogP contribution is 2.26. The third-order valence-corrected chi connectivity index (χ3v) is 2.71. The molecule has 0 aromatic rings. The first-order valence-electron chi connectivity index (χ1n) is 4.71. The molecule has 88 valence electrons. The molecule has 1 amide bonds. The van der Waals surface area contributed by atoms with Crippen molar-refractivity contribution in [1.82, 2.24) is 4.90 Å². The molecular formula is C9H17NO5. The number of rotatable bonds is 1. The van der Waals surface area contributed by atoms with Gasteiger partial charge >= 0.3 is 0 Å². The van der Waals surface area contributed by atoms with Gasteiger partial charge in [-0.3, -0.25) is 4.79 Å². The van der Waals surface area contributed by atoms with Gasteiger partial charge in [0.2, 0.25) is 5.91 Å². The average molecular weight is 219 g/mol. The first-order valence-corrected chi connectivity index (χ1v) is 4.71. The van der Waals surface area contributed by atoms with Gasteiger partial charge in [-0.25, -0.2) is 0 Å². The van der Waals surface area contributed by atoms with E-state index in [1.54, 1.807) is 0 Å². The van der Waals surface area contributed by atoms with Crippen molar-refractivity contribution in [2.24, 2.45) is 0 Å². The van der Waals surface area contributed by atoms with Crippen molar-refractivity contribution in [1.29, 1.82) is 0 Å². The van der Waals surface area contributed by atoms with E-state index in [4.69, 9.17) is 4.74 Å².